The molecule has 1 aliphatic rings. The zero-order valence-corrected chi connectivity index (χ0v) is 14.8. The Morgan fingerprint density at radius 1 is 0.964 bits per heavy atom. The van der Waals surface area contributed by atoms with Crippen LogP contribution >= 0.6 is 0 Å². The van der Waals surface area contributed by atoms with Gasteiger partial charge in [-0.15, -0.1) is 0 Å². The summed E-state index contributed by atoms with van der Waals surface area (Å²) in [4.78, 5) is 42.6. The Morgan fingerprint density at radius 2 is 1.50 bits per heavy atom. The number of hydrogen-bond donors (Lipinski definition) is 1. The summed E-state index contributed by atoms with van der Waals surface area (Å²) < 4.78 is 80.6. The Bertz CT molecular complexity index is 638. The number of alkyl halides is 6. The van der Waals surface area contributed by atoms with Gasteiger partial charge in [0, 0.05) is 6.42 Å². The first-order chi connectivity index (χ1) is 12.7. The molecular formula is C15H17F6NO6. The lowest BCUT2D eigenvalue weighted by molar-refractivity contribution is -0.174. The summed E-state index contributed by atoms with van der Waals surface area (Å²) in [5, 5.41) is 1.66. The summed E-state index contributed by atoms with van der Waals surface area (Å²) >= 11 is 0. The molecule has 0 bridgehead atoms. The van der Waals surface area contributed by atoms with Gasteiger partial charge in [0.1, 0.15) is 12.1 Å². The number of ketones is 1. The summed E-state index contributed by atoms with van der Waals surface area (Å²) in [5.41, 5.74) is -1.82. The average molecular weight is 421 g/mol. The van der Waals surface area contributed by atoms with E-state index >= 15 is 0 Å². The fourth-order valence-electron chi connectivity index (χ4n) is 1.75. The molecule has 1 aliphatic heterocycles. The summed E-state index contributed by atoms with van der Waals surface area (Å²) in [7, 11) is 0. The Balaban J connectivity index is 0.000000546. The summed E-state index contributed by atoms with van der Waals surface area (Å²) in [6.45, 7) is 2.88. The predicted molar refractivity (Wildman–Crippen MR) is 79.4 cm³/mol. The fraction of sp³-hybridized carbons (Fsp3) is 0.600. The van der Waals surface area contributed by atoms with Crippen LogP contribution < -0.4 is 5.32 Å². The third-order valence-corrected chi connectivity index (χ3v) is 2.90. The van der Waals surface area contributed by atoms with Crippen LogP contribution in [-0.2, 0) is 28.7 Å². The van der Waals surface area contributed by atoms with Gasteiger partial charge in [-0.2, -0.15) is 26.3 Å². The second kappa shape index (κ2) is 10.7. The van der Waals surface area contributed by atoms with Crippen molar-refractivity contribution in [3.05, 3.63) is 11.3 Å². The normalized spacial score (nSPS) is 14.5. The molecule has 0 aliphatic carbocycles. The van der Waals surface area contributed by atoms with E-state index < -0.39 is 53.7 Å². The second-order valence-corrected chi connectivity index (χ2v) is 5.02. The van der Waals surface area contributed by atoms with Crippen molar-refractivity contribution in [2.24, 2.45) is 0 Å². The lowest BCUT2D eigenvalue weighted by atomic mass is 10.0. The van der Waals surface area contributed by atoms with Gasteiger partial charge in [0.05, 0.1) is 18.8 Å². The Hall–Kier alpha value is -2.60. The molecule has 7 nitrogen and oxygen atoms in total. The number of halogens is 6. The van der Waals surface area contributed by atoms with Crippen LogP contribution in [-0.4, -0.2) is 49.2 Å². The number of allylic oxidation sites excluding steroid dienone is 1. The number of amides is 1. The lowest BCUT2D eigenvalue weighted by Gasteiger charge is -2.21. The minimum Gasteiger partial charge on any atom is -0.466 e. The van der Waals surface area contributed by atoms with E-state index in [-0.39, 0.29) is 26.1 Å². The number of ether oxygens (including phenoxy) is 2. The van der Waals surface area contributed by atoms with E-state index in [9.17, 15) is 45.5 Å². The molecule has 13 heteroatoms. The summed E-state index contributed by atoms with van der Waals surface area (Å²) in [6, 6.07) is 0. The van der Waals surface area contributed by atoms with Crippen molar-refractivity contribution in [2.75, 3.05) is 13.2 Å². The van der Waals surface area contributed by atoms with Crippen LogP contribution in [0.5, 0.6) is 0 Å². The highest BCUT2D eigenvalue weighted by Crippen LogP contribution is 2.31. The molecule has 0 spiro atoms. The minimum atomic E-state index is -4.95. The molecule has 1 heterocycles. The first-order valence-electron chi connectivity index (χ1n) is 7.76. The number of carbonyl (C=O) groups is 4. The van der Waals surface area contributed by atoms with Crippen molar-refractivity contribution in [2.45, 2.75) is 45.5 Å². The van der Waals surface area contributed by atoms with Crippen LogP contribution in [0.25, 0.3) is 0 Å². The van der Waals surface area contributed by atoms with E-state index in [0.29, 0.717) is 0 Å². The van der Waals surface area contributed by atoms with Gasteiger partial charge in [0.15, 0.2) is 0 Å². The van der Waals surface area contributed by atoms with Crippen LogP contribution in [0.3, 0.4) is 0 Å². The lowest BCUT2D eigenvalue weighted by Crippen LogP contribution is -2.38. The topological polar surface area (TPSA) is 98.8 Å². The van der Waals surface area contributed by atoms with Crippen molar-refractivity contribution in [1.29, 1.82) is 0 Å². The Morgan fingerprint density at radius 3 is 1.93 bits per heavy atom. The number of Topliss-reactive ketones (excluding diaryl/α,β-unsaturated/α-hetero) is 1. The number of esters is 2. The number of rotatable bonds is 5. The predicted octanol–water partition coefficient (Wildman–Crippen LogP) is 2.35. The van der Waals surface area contributed by atoms with Crippen molar-refractivity contribution in [1.82, 2.24) is 5.32 Å². The molecule has 0 aromatic rings. The van der Waals surface area contributed by atoms with E-state index in [4.69, 9.17) is 0 Å². The molecule has 1 rings (SSSR count). The molecule has 0 unspecified atom stereocenters. The molecule has 160 valence electrons. The average Bonchev–Trinajstić information content (AvgIpc) is 2.54. The molecule has 1 amide bonds. The van der Waals surface area contributed by atoms with E-state index in [1.807, 2.05) is 0 Å². The highest BCUT2D eigenvalue weighted by atomic mass is 19.4. The molecule has 0 fully saturated rings. The molecule has 0 saturated heterocycles. The smallest absolute Gasteiger partial charge is 0.450 e. The monoisotopic (exact) mass is 421 g/mol. The molecule has 0 radical (unpaired) electrons. The van der Waals surface area contributed by atoms with Gasteiger partial charge in [0.25, 0.3) is 0 Å². The SMILES string of the molecule is CCOC(=O)C1=C(C(F)(F)F)NC(=O)CC1.CCOC(=O)CC(=O)C(F)(F)F. The quantitative estimate of drug-likeness (QED) is 0.416. The van der Waals surface area contributed by atoms with Gasteiger partial charge in [-0.3, -0.25) is 14.4 Å². The molecule has 0 aromatic carbocycles. The van der Waals surface area contributed by atoms with Crippen LogP contribution in [0.1, 0.15) is 33.1 Å². The maximum Gasteiger partial charge on any atom is 0.450 e. The van der Waals surface area contributed by atoms with Gasteiger partial charge in [-0.1, -0.05) is 0 Å². The summed E-state index contributed by atoms with van der Waals surface area (Å²) in [6.07, 6.45) is -11.3. The van der Waals surface area contributed by atoms with Crippen LogP contribution in [0.15, 0.2) is 11.3 Å². The van der Waals surface area contributed by atoms with Gasteiger partial charge in [0.2, 0.25) is 11.7 Å². The van der Waals surface area contributed by atoms with Crippen LogP contribution in [0.2, 0.25) is 0 Å². The zero-order chi connectivity index (χ0) is 22.1. The van der Waals surface area contributed by atoms with Crippen molar-refractivity contribution < 1.29 is 55.0 Å². The highest BCUT2D eigenvalue weighted by molar-refractivity contribution is 5.98. The van der Waals surface area contributed by atoms with Gasteiger partial charge >= 0.3 is 24.3 Å². The van der Waals surface area contributed by atoms with Crippen LogP contribution in [0, 0.1) is 0 Å². The highest BCUT2D eigenvalue weighted by Gasteiger charge is 2.42. The molecule has 1 N–H and O–H groups in total. The fourth-order valence-corrected chi connectivity index (χ4v) is 1.75. The molecular weight excluding hydrogens is 404 g/mol. The maximum absolute atomic E-state index is 12.5. The first-order valence-corrected chi connectivity index (χ1v) is 7.76. The molecule has 0 aromatic heterocycles. The maximum atomic E-state index is 12.5. The zero-order valence-electron chi connectivity index (χ0n) is 14.8. The molecule has 28 heavy (non-hydrogen) atoms. The van der Waals surface area contributed by atoms with Crippen LogP contribution in [0.4, 0.5) is 26.3 Å². The van der Waals surface area contributed by atoms with E-state index in [1.165, 1.54) is 13.8 Å². The number of hydrogen-bond acceptors (Lipinski definition) is 6. The van der Waals surface area contributed by atoms with Crippen molar-refractivity contribution in [3.8, 4) is 0 Å². The van der Waals surface area contributed by atoms with Crippen molar-refractivity contribution in [3.63, 3.8) is 0 Å². The standard InChI is InChI=1S/C9H10F3NO3.C6H7F3O3/c1-2-16-8(15)5-3-4-6(14)13-7(5)9(10,11)12;1-2-12-5(11)3-4(10)6(7,8)9/h2-4H2,1H3,(H,13,14);2-3H2,1H3. The Labute approximate surface area is 155 Å². The Kier molecular flexibility index (Phi) is 9.67. The largest absolute Gasteiger partial charge is 0.466 e. The summed E-state index contributed by atoms with van der Waals surface area (Å²) in [5.74, 6) is -5.02. The first kappa shape index (κ1) is 25.4. The second-order valence-electron chi connectivity index (χ2n) is 5.02. The van der Waals surface area contributed by atoms with Gasteiger partial charge in [-0.25, -0.2) is 4.79 Å². The molecule has 0 saturated carbocycles. The van der Waals surface area contributed by atoms with Crippen molar-refractivity contribution >= 4 is 23.6 Å². The third-order valence-electron chi connectivity index (χ3n) is 2.90. The third kappa shape index (κ3) is 8.86. The number of nitrogens with one attached hydrogen (secondary N) is 1. The van der Waals surface area contributed by atoms with Gasteiger partial charge < -0.3 is 14.8 Å². The minimum absolute atomic E-state index is 0.0125. The van der Waals surface area contributed by atoms with Gasteiger partial charge in [-0.05, 0) is 20.3 Å². The van der Waals surface area contributed by atoms with E-state index in [2.05, 4.69) is 9.47 Å². The molecule has 0 atom stereocenters. The van der Waals surface area contributed by atoms with E-state index in [1.54, 1.807) is 5.32 Å². The van der Waals surface area contributed by atoms with E-state index in [0.717, 1.165) is 0 Å². The number of carbonyl (C=O) groups excluding carboxylic acids is 4.